The summed E-state index contributed by atoms with van der Waals surface area (Å²) in [6.45, 7) is 10.8. The van der Waals surface area contributed by atoms with E-state index < -0.39 is 0 Å². The third-order valence-electron chi connectivity index (χ3n) is 5.15. The van der Waals surface area contributed by atoms with Crippen molar-refractivity contribution in [2.45, 2.75) is 52.0 Å². The molecule has 2 N–H and O–H groups in total. The van der Waals surface area contributed by atoms with Gasteiger partial charge in [0.1, 0.15) is 0 Å². The van der Waals surface area contributed by atoms with E-state index in [0.29, 0.717) is 12.5 Å². The summed E-state index contributed by atoms with van der Waals surface area (Å²) in [5.74, 6) is 0.384. The fourth-order valence-corrected chi connectivity index (χ4v) is 3.39. The standard InChI is InChI=1S/C15H29N3O/c1-14(2,12-16)18-10-8-17(9-11-18)13(19)15(3)6-4-5-7-15/h4-12,16H2,1-3H3. The summed E-state index contributed by atoms with van der Waals surface area (Å²) in [5.41, 5.74) is 5.80. The predicted molar refractivity (Wildman–Crippen MR) is 77.9 cm³/mol. The zero-order valence-corrected chi connectivity index (χ0v) is 12.7. The SMILES string of the molecule is CC1(C(=O)N2CCN(C(C)(C)CN)CC2)CCCC1. The molecule has 110 valence electrons. The first-order valence-corrected chi connectivity index (χ1v) is 7.64. The van der Waals surface area contributed by atoms with E-state index in [4.69, 9.17) is 5.73 Å². The Labute approximate surface area is 117 Å². The van der Waals surface area contributed by atoms with E-state index in [-0.39, 0.29) is 11.0 Å². The zero-order chi connectivity index (χ0) is 14.1. The molecule has 1 aliphatic carbocycles. The number of hydrogen-bond acceptors (Lipinski definition) is 3. The molecule has 2 rings (SSSR count). The van der Waals surface area contributed by atoms with Gasteiger partial charge in [-0.05, 0) is 26.7 Å². The van der Waals surface area contributed by atoms with Gasteiger partial charge >= 0.3 is 0 Å². The van der Waals surface area contributed by atoms with E-state index in [0.717, 1.165) is 39.0 Å². The van der Waals surface area contributed by atoms with Crippen molar-refractivity contribution >= 4 is 5.91 Å². The molecule has 0 atom stereocenters. The van der Waals surface area contributed by atoms with Crippen LogP contribution in [0.4, 0.5) is 0 Å². The Balaban J connectivity index is 1.91. The van der Waals surface area contributed by atoms with E-state index >= 15 is 0 Å². The fraction of sp³-hybridized carbons (Fsp3) is 0.933. The Kier molecular flexibility index (Phi) is 4.21. The van der Waals surface area contributed by atoms with Crippen LogP contribution in [0.5, 0.6) is 0 Å². The van der Waals surface area contributed by atoms with Crippen LogP contribution in [0.25, 0.3) is 0 Å². The van der Waals surface area contributed by atoms with Gasteiger partial charge in [0.05, 0.1) is 0 Å². The van der Waals surface area contributed by atoms with Gasteiger partial charge in [0.25, 0.3) is 0 Å². The number of carbonyl (C=O) groups excluding carboxylic acids is 1. The summed E-state index contributed by atoms with van der Waals surface area (Å²) in [7, 11) is 0. The lowest BCUT2D eigenvalue weighted by molar-refractivity contribution is -0.143. The Morgan fingerprint density at radius 2 is 1.68 bits per heavy atom. The van der Waals surface area contributed by atoms with Crippen molar-refractivity contribution in [2.24, 2.45) is 11.1 Å². The molecular formula is C15H29N3O. The van der Waals surface area contributed by atoms with Crippen molar-refractivity contribution in [1.82, 2.24) is 9.80 Å². The minimum absolute atomic E-state index is 0.0480. The lowest BCUT2D eigenvalue weighted by Gasteiger charge is -2.45. The van der Waals surface area contributed by atoms with Crippen molar-refractivity contribution in [1.29, 1.82) is 0 Å². The summed E-state index contributed by atoms with van der Waals surface area (Å²) in [4.78, 5) is 17.1. The maximum absolute atomic E-state index is 12.6. The first-order chi connectivity index (χ1) is 8.89. The monoisotopic (exact) mass is 267 g/mol. The molecule has 1 heterocycles. The zero-order valence-electron chi connectivity index (χ0n) is 12.7. The molecule has 0 spiro atoms. The van der Waals surface area contributed by atoms with Crippen LogP contribution in [0.1, 0.15) is 46.5 Å². The molecule has 1 amide bonds. The van der Waals surface area contributed by atoms with Crippen LogP contribution in [0.2, 0.25) is 0 Å². The molecule has 0 aromatic rings. The van der Waals surface area contributed by atoms with Crippen LogP contribution >= 0.6 is 0 Å². The van der Waals surface area contributed by atoms with Gasteiger partial charge in [0, 0.05) is 43.7 Å². The number of piperazine rings is 1. The molecule has 0 radical (unpaired) electrons. The number of carbonyl (C=O) groups is 1. The van der Waals surface area contributed by atoms with Crippen molar-refractivity contribution in [3.05, 3.63) is 0 Å². The molecule has 0 bridgehead atoms. The van der Waals surface area contributed by atoms with Gasteiger partial charge in [0.2, 0.25) is 5.91 Å². The van der Waals surface area contributed by atoms with Gasteiger partial charge in [-0.3, -0.25) is 9.69 Å². The molecule has 4 nitrogen and oxygen atoms in total. The summed E-state index contributed by atoms with van der Waals surface area (Å²) in [6, 6.07) is 0. The summed E-state index contributed by atoms with van der Waals surface area (Å²) < 4.78 is 0. The van der Waals surface area contributed by atoms with Crippen LogP contribution in [0.15, 0.2) is 0 Å². The number of hydrogen-bond donors (Lipinski definition) is 1. The average molecular weight is 267 g/mol. The van der Waals surface area contributed by atoms with Gasteiger partial charge in [-0.2, -0.15) is 0 Å². The smallest absolute Gasteiger partial charge is 0.228 e. The van der Waals surface area contributed by atoms with Crippen LogP contribution in [0, 0.1) is 5.41 Å². The second-order valence-electron chi connectivity index (χ2n) is 7.06. The molecule has 0 aromatic heterocycles. The van der Waals surface area contributed by atoms with Crippen molar-refractivity contribution in [3.63, 3.8) is 0 Å². The molecule has 1 aliphatic heterocycles. The third kappa shape index (κ3) is 2.95. The quantitative estimate of drug-likeness (QED) is 0.842. The largest absolute Gasteiger partial charge is 0.340 e. The Bertz CT molecular complexity index is 326. The number of nitrogens with two attached hydrogens (primary N) is 1. The number of rotatable bonds is 3. The molecule has 2 aliphatic rings. The average Bonchev–Trinajstić information content (AvgIpc) is 2.86. The van der Waals surface area contributed by atoms with Gasteiger partial charge in [-0.1, -0.05) is 19.8 Å². The van der Waals surface area contributed by atoms with Gasteiger partial charge < -0.3 is 10.6 Å². The van der Waals surface area contributed by atoms with Gasteiger partial charge in [-0.15, -0.1) is 0 Å². The second-order valence-corrected chi connectivity index (χ2v) is 7.06. The van der Waals surface area contributed by atoms with Crippen molar-refractivity contribution in [3.8, 4) is 0 Å². The highest BCUT2D eigenvalue weighted by Gasteiger charge is 2.40. The minimum atomic E-state index is -0.0778. The highest BCUT2D eigenvalue weighted by atomic mass is 16.2. The molecule has 0 unspecified atom stereocenters. The summed E-state index contributed by atoms with van der Waals surface area (Å²) >= 11 is 0. The normalized spacial score (nSPS) is 24.7. The lowest BCUT2D eigenvalue weighted by Crippen LogP contribution is -2.59. The van der Waals surface area contributed by atoms with E-state index in [1.54, 1.807) is 0 Å². The fourth-order valence-electron chi connectivity index (χ4n) is 3.39. The second kappa shape index (κ2) is 5.41. The topological polar surface area (TPSA) is 49.6 Å². The van der Waals surface area contributed by atoms with Crippen LogP contribution in [0.3, 0.4) is 0 Å². The first kappa shape index (κ1) is 14.8. The first-order valence-electron chi connectivity index (χ1n) is 7.64. The number of nitrogens with zero attached hydrogens (tertiary/aromatic N) is 2. The predicted octanol–water partition coefficient (Wildman–Crippen LogP) is 1.45. The Morgan fingerprint density at radius 3 is 2.16 bits per heavy atom. The van der Waals surface area contributed by atoms with E-state index in [1.807, 2.05) is 0 Å². The third-order valence-corrected chi connectivity index (χ3v) is 5.15. The molecule has 19 heavy (non-hydrogen) atoms. The highest BCUT2D eigenvalue weighted by molar-refractivity contribution is 5.82. The molecule has 4 heteroatoms. The number of amides is 1. The van der Waals surface area contributed by atoms with Crippen LogP contribution < -0.4 is 5.73 Å². The van der Waals surface area contributed by atoms with Crippen LogP contribution in [-0.2, 0) is 4.79 Å². The molecule has 2 fully saturated rings. The molecule has 1 saturated heterocycles. The summed E-state index contributed by atoms with van der Waals surface area (Å²) in [6.07, 6.45) is 4.56. The van der Waals surface area contributed by atoms with Crippen LogP contribution in [-0.4, -0.2) is 54.0 Å². The molecule has 0 aromatic carbocycles. The highest BCUT2D eigenvalue weighted by Crippen LogP contribution is 2.39. The summed E-state index contributed by atoms with van der Waals surface area (Å²) in [5, 5.41) is 0. The van der Waals surface area contributed by atoms with E-state index in [1.165, 1.54) is 12.8 Å². The minimum Gasteiger partial charge on any atom is -0.340 e. The maximum Gasteiger partial charge on any atom is 0.228 e. The Morgan fingerprint density at radius 1 is 1.16 bits per heavy atom. The Hall–Kier alpha value is -0.610. The van der Waals surface area contributed by atoms with Crippen molar-refractivity contribution in [2.75, 3.05) is 32.7 Å². The van der Waals surface area contributed by atoms with E-state index in [9.17, 15) is 4.79 Å². The van der Waals surface area contributed by atoms with Gasteiger partial charge in [0.15, 0.2) is 0 Å². The molecule has 1 saturated carbocycles. The maximum atomic E-state index is 12.6. The van der Waals surface area contributed by atoms with Gasteiger partial charge in [-0.25, -0.2) is 0 Å². The van der Waals surface area contributed by atoms with E-state index in [2.05, 4.69) is 30.6 Å². The lowest BCUT2D eigenvalue weighted by atomic mass is 9.87. The molecular weight excluding hydrogens is 238 g/mol. The van der Waals surface area contributed by atoms with Crippen molar-refractivity contribution < 1.29 is 4.79 Å².